The lowest BCUT2D eigenvalue weighted by Crippen LogP contribution is -2.31. The number of amides is 1. The van der Waals surface area contributed by atoms with Crippen LogP contribution in [-0.2, 0) is 18.0 Å². The molecule has 3 N–H and O–H groups in total. The van der Waals surface area contributed by atoms with Crippen molar-refractivity contribution >= 4 is 5.91 Å². The summed E-state index contributed by atoms with van der Waals surface area (Å²) in [5, 5.41) is 21.5. The Morgan fingerprint density at radius 3 is 2.38 bits per heavy atom. The molecule has 0 aliphatic carbocycles. The van der Waals surface area contributed by atoms with Crippen molar-refractivity contribution in [1.82, 2.24) is 5.32 Å². The molecule has 2 aromatic carbocycles. The van der Waals surface area contributed by atoms with Crippen LogP contribution in [0.1, 0.15) is 29.7 Å². The fraction of sp³-hybridized carbons (Fsp3) is 0.316. The monoisotopic (exact) mass is 363 g/mol. The van der Waals surface area contributed by atoms with Gasteiger partial charge in [-0.2, -0.15) is 0 Å². The topological polar surface area (TPSA) is 88.0 Å². The van der Waals surface area contributed by atoms with E-state index in [1.54, 1.807) is 13.2 Å². The van der Waals surface area contributed by atoms with Crippen LogP contribution in [0.3, 0.4) is 0 Å². The second-order valence-electron chi connectivity index (χ2n) is 5.69. The Labute approximate surface area is 151 Å². The van der Waals surface area contributed by atoms with Gasteiger partial charge in [-0.05, 0) is 25.1 Å². The summed E-state index contributed by atoms with van der Waals surface area (Å²) >= 11 is 0. The first-order chi connectivity index (χ1) is 12.5. The number of rotatable bonds is 8. The van der Waals surface area contributed by atoms with Crippen molar-refractivity contribution < 1.29 is 28.9 Å². The van der Waals surface area contributed by atoms with Crippen LogP contribution in [0.5, 0.6) is 11.5 Å². The van der Waals surface area contributed by atoms with Crippen LogP contribution in [0.15, 0.2) is 36.4 Å². The SMILES string of the molecule is COc1ccccc1[C@@H](C)NC(=O)COc1c(CO)cc(F)cc1CO. The van der Waals surface area contributed by atoms with Crippen molar-refractivity contribution in [1.29, 1.82) is 0 Å². The molecule has 0 saturated heterocycles. The molecule has 2 aromatic rings. The quantitative estimate of drug-likeness (QED) is 0.668. The van der Waals surface area contributed by atoms with Gasteiger partial charge in [-0.25, -0.2) is 4.39 Å². The lowest BCUT2D eigenvalue weighted by Gasteiger charge is -2.18. The van der Waals surface area contributed by atoms with Crippen molar-refractivity contribution in [3.8, 4) is 11.5 Å². The van der Waals surface area contributed by atoms with Crippen LogP contribution in [-0.4, -0.2) is 29.8 Å². The largest absolute Gasteiger partial charge is 0.496 e. The molecule has 0 aliphatic rings. The average molecular weight is 363 g/mol. The number of benzene rings is 2. The first kappa shape index (κ1) is 19.7. The Kier molecular flexibility index (Phi) is 6.94. The third kappa shape index (κ3) is 4.71. The van der Waals surface area contributed by atoms with Crippen molar-refractivity contribution in [3.63, 3.8) is 0 Å². The highest BCUT2D eigenvalue weighted by Crippen LogP contribution is 2.27. The Bertz CT molecular complexity index is 740. The summed E-state index contributed by atoms with van der Waals surface area (Å²) in [5.74, 6) is -0.235. The third-order valence-electron chi connectivity index (χ3n) is 3.88. The van der Waals surface area contributed by atoms with Crippen molar-refractivity contribution in [2.75, 3.05) is 13.7 Å². The molecule has 0 radical (unpaired) electrons. The first-order valence-corrected chi connectivity index (χ1v) is 8.08. The standard InChI is InChI=1S/C19H22FNO5/c1-12(16-5-3-4-6-17(16)25-2)21-18(24)11-26-19-13(9-22)7-15(20)8-14(19)10-23/h3-8,12,22-23H,9-11H2,1-2H3,(H,21,24)/t12-/m1/s1. The molecule has 0 fully saturated rings. The molecule has 0 aromatic heterocycles. The molecule has 0 aliphatic heterocycles. The van der Waals surface area contributed by atoms with E-state index in [-0.39, 0.29) is 29.5 Å². The summed E-state index contributed by atoms with van der Waals surface area (Å²) in [6.45, 7) is 0.524. The Balaban J connectivity index is 2.05. The zero-order chi connectivity index (χ0) is 19.1. The highest BCUT2D eigenvalue weighted by Gasteiger charge is 2.16. The molecule has 1 amide bonds. The minimum absolute atomic E-state index is 0.108. The van der Waals surface area contributed by atoms with E-state index in [2.05, 4.69) is 5.32 Å². The van der Waals surface area contributed by atoms with Crippen LogP contribution in [0, 0.1) is 5.82 Å². The first-order valence-electron chi connectivity index (χ1n) is 8.08. The lowest BCUT2D eigenvalue weighted by atomic mass is 10.1. The van der Waals surface area contributed by atoms with Gasteiger partial charge in [0, 0.05) is 16.7 Å². The van der Waals surface area contributed by atoms with Gasteiger partial charge in [0.15, 0.2) is 6.61 Å². The maximum atomic E-state index is 13.4. The highest BCUT2D eigenvalue weighted by atomic mass is 19.1. The molecule has 0 bridgehead atoms. The number of carbonyl (C=O) groups is 1. The number of nitrogens with one attached hydrogen (secondary N) is 1. The fourth-order valence-electron chi connectivity index (χ4n) is 2.65. The van der Waals surface area contributed by atoms with Gasteiger partial charge in [-0.15, -0.1) is 0 Å². The fourth-order valence-corrected chi connectivity index (χ4v) is 2.65. The summed E-state index contributed by atoms with van der Waals surface area (Å²) in [7, 11) is 1.55. The van der Waals surface area contributed by atoms with Crippen LogP contribution in [0.2, 0.25) is 0 Å². The predicted molar refractivity (Wildman–Crippen MR) is 93.3 cm³/mol. The Morgan fingerprint density at radius 2 is 1.81 bits per heavy atom. The van der Waals surface area contributed by atoms with Crippen LogP contribution in [0.4, 0.5) is 4.39 Å². The number of para-hydroxylation sites is 1. The van der Waals surface area contributed by atoms with E-state index >= 15 is 0 Å². The normalized spacial score (nSPS) is 11.7. The van der Waals surface area contributed by atoms with Gasteiger partial charge in [-0.3, -0.25) is 4.79 Å². The molecule has 26 heavy (non-hydrogen) atoms. The molecule has 140 valence electrons. The number of aliphatic hydroxyl groups excluding tert-OH is 2. The molecular formula is C19H22FNO5. The molecule has 1 atom stereocenters. The number of ether oxygens (including phenoxy) is 2. The molecule has 0 spiro atoms. The summed E-state index contributed by atoms with van der Waals surface area (Å²) in [6, 6.07) is 9.21. The number of hydrogen-bond donors (Lipinski definition) is 3. The van der Waals surface area contributed by atoms with Crippen molar-refractivity contribution in [3.05, 3.63) is 58.9 Å². The zero-order valence-corrected chi connectivity index (χ0v) is 14.7. The van der Waals surface area contributed by atoms with Gasteiger partial charge in [0.1, 0.15) is 17.3 Å². The maximum absolute atomic E-state index is 13.4. The second kappa shape index (κ2) is 9.17. The summed E-state index contributed by atoms with van der Waals surface area (Å²) in [4.78, 5) is 12.2. The van der Waals surface area contributed by atoms with E-state index in [0.717, 1.165) is 17.7 Å². The number of halogens is 1. The highest BCUT2D eigenvalue weighted by molar-refractivity contribution is 5.78. The van der Waals surface area contributed by atoms with E-state index in [1.165, 1.54) is 0 Å². The lowest BCUT2D eigenvalue weighted by molar-refractivity contribution is -0.123. The van der Waals surface area contributed by atoms with Gasteiger partial charge in [0.25, 0.3) is 5.91 Å². The van der Waals surface area contributed by atoms with E-state index in [1.807, 2.05) is 25.1 Å². The molecule has 0 saturated carbocycles. The van der Waals surface area contributed by atoms with Crippen LogP contribution in [0.25, 0.3) is 0 Å². The van der Waals surface area contributed by atoms with Gasteiger partial charge in [-0.1, -0.05) is 18.2 Å². The molecule has 0 unspecified atom stereocenters. The number of methoxy groups -OCH3 is 1. The molecule has 2 rings (SSSR count). The third-order valence-corrected chi connectivity index (χ3v) is 3.88. The minimum Gasteiger partial charge on any atom is -0.496 e. The summed E-state index contributed by atoms with van der Waals surface area (Å²) in [6.07, 6.45) is 0. The average Bonchev–Trinajstić information content (AvgIpc) is 2.65. The van der Waals surface area contributed by atoms with E-state index in [9.17, 15) is 19.4 Å². The Hall–Kier alpha value is -2.64. The van der Waals surface area contributed by atoms with Gasteiger partial charge in [0.05, 0.1) is 26.4 Å². The molecule has 7 heteroatoms. The van der Waals surface area contributed by atoms with Crippen LogP contribution < -0.4 is 14.8 Å². The maximum Gasteiger partial charge on any atom is 0.258 e. The molecule has 0 heterocycles. The number of hydrogen-bond acceptors (Lipinski definition) is 5. The smallest absolute Gasteiger partial charge is 0.258 e. The van der Waals surface area contributed by atoms with Crippen molar-refractivity contribution in [2.24, 2.45) is 0 Å². The van der Waals surface area contributed by atoms with Gasteiger partial charge < -0.3 is 25.0 Å². The van der Waals surface area contributed by atoms with Gasteiger partial charge >= 0.3 is 0 Å². The van der Waals surface area contributed by atoms with Gasteiger partial charge in [0.2, 0.25) is 0 Å². The Morgan fingerprint density at radius 1 is 1.19 bits per heavy atom. The van der Waals surface area contributed by atoms with E-state index < -0.39 is 24.9 Å². The summed E-state index contributed by atoms with van der Waals surface area (Å²) < 4.78 is 24.1. The predicted octanol–water partition coefficient (Wildman–Crippen LogP) is 2.08. The molecular weight excluding hydrogens is 341 g/mol. The minimum atomic E-state index is -0.598. The van der Waals surface area contributed by atoms with Crippen molar-refractivity contribution in [2.45, 2.75) is 26.2 Å². The zero-order valence-electron chi connectivity index (χ0n) is 14.7. The number of aliphatic hydroxyl groups is 2. The second-order valence-corrected chi connectivity index (χ2v) is 5.69. The molecule has 6 nitrogen and oxygen atoms in total. The summed E-state index contributed by atoms with van der Waals surface area (Å²) in [5.41, 5.74) is 1.15. The van der Waals surface area contributed by atoms with Crippen LogP contribution >= 0.6 is 0 Å². The van der Waals surface area contributed by atoms with E-state index in [0.29, 0.717) is 5.75 Å². The van der Waals surface area contributed by atoms with E-state index in [4.69, 9.17) is 9.47 Å². The number of carbonyl (C=O) groups excluding carboxylic acids is 1.